The zero-order chi connectivity index (χ0) is 18.1. The molecule has 0 aliphatic carbocycles. The second kappa shape index (κ2) is 7.31. The van der Waals surface area contributed by atoms with Crippen molar-refractivity contribution < 1.29 is 18.0 Å². The number of carbonyl (C=O) groups excluding carboxylic acids is 1. The number of nitrogens with zero attached hydrogens (tertiary/aromatic N) is 3. The van der Waals surface area contributed by atoms with Gasteiger partial charge in [0.2, 0.25) is 11.1 Å². The monoisotopic (exact) mass is 487 g/mol. The Labute approximate surface area is 155 Å². The first kappa shape index (κ1) is 19.1. The summed E-state index contributed by atoms with van der Waals surface area (Å²) in [5.41, 5.74) is 1.51. The number of alkyl halides is 3. The van der Waals surface area contributed by atoms with Crippen LogP contribution in [-0.4, -0.2) is 26.5 Å². The number of aryl methyl sites for hydroxylation is 1. The van der Waals surface area contributed by atoms with Crippen LogP contribution >= 0.6 is 43.6 Å². The maximum atomic E-state index is 12.6. The van der Waals surface area contributed by atoms with Crippen LogP contribution in [0, 0.1) is 6.92 Å². The van der Waals surface area contributed by atoms with Crippen molar-refractivity contribution in [3.8, 4) is 0 Å². The van der Waals surface area contributed by atoms with Gasteiger partial charge in [0.1, 0.15) is 0 Å². The highest BCUT2D eigenvalue weighted by Crippen LogP contribution is 2.33. The molecule has 1 amide bonds. The summed E-state index contributed by atoms with van der Waals surface area (Å²) in [4.78, 5) is 12.0. The van der Waals surface area contributed by atoms with Crippen LogP contribution in [-0.2, 0) is 11.0 Å². The van der Waals surface area contributed by atoms with Crippen LogP contribution in [0.4, 0.5) is 18.9 Å². The van der Waals surface area contributed by atoms with Crippen molar-refractivity contribution in [3.63, 3.8) is 0 Å². The van der Waals surface area contributed by atoms with E-state index in [0.29, 0.717) is 19.3 Å². The zero-order valence-corrected chi connectivity index (χ0v) is 16.0. The number of anilines is 1. The molecule has 0 aliphatic heterocycles. The van der Waals surface area contributed by atoms with E-state index >= 15 is 0 Å². The highest BCUT2D eigenvalue weighted by molar-refractivity contribution is 9.11. The standard InChI is InChI=1S/C12H10Br2F3N5OS/c1-5-2-6(13)9(7(14)3-5)19-8(23)4-24-11-21-20-10(22(11)18)12(15,16)17/h2-3H,4,18H2,1H3,(H,19,23). The highest BCUT2D eigenvalue weighted by atomic mass is 79.9. The van der Waals surface area contributed by atoms with Crippen molar-refractivity contribution in [3.05, 3.63) is 32.5 Å². The van der Waals surface area contributed by atoms with Crippen molar-refractivity contribution in [2.45, 2.75) is 18.3 Å². The molecule has 130 valence electrons. The van der Waals surface area contributed by atoms with Crippen molar-refractivity contribution >= 4 is 55.2 Å². The van der Waals surface area contributed by atoms with E-state index in [0.717, 1.165) is 17.3 Å². The topological polar surface area (TPSA) is 85.8 Å². The van der Waals surface area contributed by atoms with E-state index in [-0.39, 0.29) is 10.9 Å². The first-order chi connectivity index (χ1) is 11.1. The van der Waals surface area contributed by atoms with E-state index < -0.39 is 17.9 Å². The van der Waals surface area contributed by atoms with E-state index in [2.05, 4.69) is 47.4 Å². The summed E-state index contributed by atoms with van der Waals surface area (Å²) in [6, 6.07) is 3.64. The van der Waals surface area contributed by atoms with Crippen LogP contribution < -0.4 is 11.2 Å². The summed E-state index contributed by atoms with van der Waals surface area (Å²) in [5, 5.41) is 8.77. The summed E-state index contributed by atoms with van der Waals surface area (Å²) in [6.07, 6.45) is -4.71. The first-order valence-corrected chi connectivity index (χ1v) is 8.82. The van der Waals surface area contributed by atoms with Crippen molar-refractivity contribution in [2.75, 3.05) is 16.9 Å². The number of nitrogens with one attached hydrogen (secondary N) is 1. The number of halogens is 5. The Balaban J connectivity index is 2.04. The summed E-state index contributed by atoms with van der Waals surface area (Å²) < 4.78 is 39.4. The SMILES string of the molecule is Cc1cc(Br)c(NC(=O)CSc2nnc(C(F)(F)F)n2N)c(Br)c1. The molecule has 2 rings (SSSR count). The lowest BCUT2D eigenvalue weighted by atomic mass is 10.2. The van der Waals surface area contributed by atoms with Crippen molar-refractivity contribution in [2.24, 2.45) is 0 Å². The lowest BCUT2D eigenvalue weighted by Gasteiger charge is -2.10. The summed E-state index contributed by atoms with van der Waals surface area (Å²) >= 11 is 7.42. The molecule has 1 heterocycles. The largest absolute Gasteiger partial charge is 0.453 e. The first-order valence-electron chi connectivity index (χ1n) is 6.25. The molecule has 0 bridgehead atoms. The number of nitrogens with two attached hydrogens (primary N) is 1. The summed E-state index contributed by atoms with van der Waals surface area (Å²) in [7, 11) is 0. The molecule has 3 N–H and O–H groups in total. The van der Waals surface area contributed by atoms with Gasteiger partial charge in [-0.3, -0.25) is 4.79 Å². The number of benzene rings is 1. The maximum Gasteiger partial charge on any atom is 0.453 e. The summed E-state index contributed by atoms with van der Waals surface area (Å²) in [5.74, 6) is 3.36. The van der Waals surface area contributed by atoms with Gasteiger partial charge in [-0.05, 0) is 56.5 Å². The molecule has 0 fully saturated rings. The number of thioether (sulfide) groups is 1. The van der Waals surface area contributed by atoms with Crippen LogP contribution in [0.3, 0.4) is 0 Å². The lowest BCUT2D eigenvalue weighted by Crippen LogP contribution is -2.22. The average molecular weight is 489 g/mol. The van der Waals surface area contributed by atoms with E-state index in [1.807, 2.05) is 19.1 Å². The molecule has 0 aliphatic rings. The predicted molar refractivity (Wildman–Crippen MR) is 91.1 cm³/mol. The van der Waals surface area contributed by atoms with E-state index in [9.17, 15) is 18.0 Å². The highest BCUT2D eigenvalue weighted by Gasteiger charge is 2.38. The number of carbonyl (C=O) groups is 1. The molecule has 0 saturated carbocycles. The molecule has 0 spiro atoms. The van der Waals surface area contributed by atoms with Crippen molar-refractivity contribution in [1.82, 2.24) is 14.9 Å². The minimum atomic E-state index is -4.71. The van der Waals surface area contributed by atoms with E-state index in [1.54, 1.807) is 0 Å². The zero-order valence-electron chi connectivity index (χ0n) is 12.0. The third kappa shape index (κ3) is 4.42. The fourth-order valence-corrected chi connectivity index (χ4v) is 3.96. The maximum absolute atomic E-state index is 12.6. The molecule has 2 aromatic rings. The van der Waals surface area contributed by atoms with Gasteiger partial charge < -0.3 is 11.2 Å². The Hall–Kier alpha value is -1.27. The third-order valence-corrected chi connectivity index (χ3v) is 4.90. The predicted octanol–water partition coefficient (Wildman–Crippen LogP) is 3.57. The molecular weight excluding hydrogens is 479 g/mol. The molecule has 0 unspecified atom stereocenters. The van der Waals surface area contributed by atoms with Gasteiger partial charge in [0.25, 0.3) is 5.82 Å². The minimum Gasteiger partial charge on any atom is -0.335 e. The number of hydrogen-bond donors (Lipinski definition) is 2. The fourth-order valence-electron chi connectivity index (χ4n) is 1.69. The smallest absolute Gasteiger partial charge is 0.335 e. The molecule has 0 saturated heterocycles. The van der Waals surface area contributed by atoms with Gasteiger partial charge in [-0.1, -0.05) is 11.8 Å². The molecule has 6 nitrogen and oxygen atoms in total. The molecule has 24 heavy (non-hydrogen) atoms. The van der Waals surface area contributed by atoms with Crippen LogP contribution in [0.1, 0.15) is 11.4 Å². The number of aromatic nitrogens is 3. The molecule has 0 atom stereocenters. The van der Waals surface area contributed by atoms with Crippen LogP contribution in [0.25, 0.3) is 0 Å². The number of nitrogen functional groups attached to an aromatic ring is 1. The van der Waals surface area contributed by atoms with Crippen molar-refractivity contribution in [1.29, 1.82) is 0 Å². The second-order valence-electron chi connectivity index (χ2n) is 4.61. The van der Waals surface area contributed by atoms with Gasteiger partial charge in [0, 0.05) is 8.95 Å². The quantitative estimate of drug-likeness (QED) is 0.507. The second-order valence-corrected chi connectivity index (χ2v) is 7.27. The van der Waals surface area contributed by atoms with Crippen LogP contribution in [0.15, 0.2) is 26.2 Å². The molecule has 1 aromatic heterocycles. The molecular formula is C12H10Br2F3N5OS. The Bertz CT molecular complexity index is 758. The van der Waals surface area contributed by atoms with Gasteiger partial charge >= 0.3 is 6.18 Å². The van der Waals surface area contributed by atoms with Gasteiger partial charge in [0.15, 0.2) is 0 Å². The Morgan fingerprint density at radius 2 is 1.92 bits per heavy atom. The number of hydrogen-bond acceptors (Lipinski definition) is 5. The fraction of sp³-hybridized carbons (Fsp3) is 0.250. The number of amides is 1. The molecule has 12 heteroatoms. The van der Waals surface area contributed by atoms with E-state index in [4.69, 9.17) is 5.84 Å². The number of rotatable bonds is 4. The summed E-state index contributed by atoms with van der Waals surface area (Å²) in [6.45, 7) is 1.89. The Kier molecular flexibility index (Phi) is 5.81. The minimum absolute atomic E-state index is 0.181. The lowest BCUT2D eigenvalue weighted by molar-refractivity contribution is -0.146. The Morgan fingerprint density at radius 1 is 1.33 bits per heavy atom. The van der Waals surface area contributed by atoms with Gasteiger partial charge in [0.05, 0.1) is 11.4 Å². The van der Waals surface area contributed by atoms with Gasteiger partial charge in [-0.15, -0.1) is 10.2 Å². The molecule has 0 radical (unpaired) electrons. The normalized spacial score (nSPS) is 11.6. The van der Waals surface area contributed by atoms with Crippen LogP contribution in [0.2, 0.25) is 0 Å². The third-order valence-electron chi connectivity index (χ3n) is 2.70. The van der Waals surface area contributed by atoms with E-state index in [1.165, 1.54) is 0 Å². The van der Waals surface area contributed by atoms with Crippen LogP contribution in [0.5, 0.6) is 0 Å². The molecule has 1 aromatic carbocycles. The Morgan fingerprint density at radius 3 is 2.42 bits per heavy atom. The van der Waals surface area contributed by atoms with Gasteiger partial charge in [-0.2, -0.15) is 13.2 Å². The van der Waals surface area contributed by atoms with Gasteiger partial charge in [-0.25, -0.2) is 4.68 Å². The average Bonchev–Trinajstić information content (AvgIpc) is 2.81.